The van der Waals surface area contributed by atoms with E-state index in [0.29, 0.717) is 10.6 Å². The molecule has 0 fully saturated rings. The Labute approximate surface area is 125 Å². The zero-order chi connectivity index (χ0) is 15.2. The van der Waals surface area contributed by atoms with Gasteiger partial charge in [0.1, 0.15) is 5.69 Å². The van der Waals surface area contributed by atoms with E-state index >= 15 is 0 Å². The van der Waals surface area contributed by atoms with E-state index in [0.717, 1.165) is 0 Å². The SMILES string of the molecule is O=C(O)CC(NC(=O)c1cnccn1)c1ccccc1Cl. The maximum absolute atomic E-state index is 12.1. The topological polar surface area (TPSA) is 92.2 Å². The number of benzene rings is 1. The van der Waals surface area contributed by atoms with Gasteiger partial charge in [0, 0.05) is 17.4 Å². The molecule has 0 aliphatic rings. The Bertz CT molecular complexity index is 649. The number of nitrogens with zero attached hydrogens (tertiary/aromatic N) is 2. The zero-order valence-electron chi connectivity index (χ0n) is 10.9. The third kappa shape index (κ3) is 4.00. The number of nitrogens with one attached hydrogen (secondary N) is 1. The first kappa shape index (κ1) is 14.9. The number of carboxylic acid groups (broad SMARTS) is 1. The summed E-state index contributed by atoms with van der Waals surface area (Å²) in [6.45, 7) is 0. The van der Waals surface area contributed by atoms with E-state index in [9.17, 15) is 9.59 Å². The number of carbonyl (C=O) groups is 2. The van der Waals surface area contributed by atoms with Gasteiger partial charge in [0.2, 0.25) is 0 Å². The largest absolute Gasteiger partial charge is 0.481 e. The van der Waals surface area contributed by atoms with Crippen LogP contribution >= 0.6 is 11.6 Å². The molecule has 7 heteroatoms. The van der Waals surface area contributed by atoms with Crippen LogP contribution in [0.4, 0.5) is 0 Å². The molecule has 21 heavy (non-hydrogen) atoms. The first-order chi connectivity index (χ1) is 10.1. The summed E-state index contributed by atoms with van der Waals surface area (Å²) in [5, 5.41) is 12.0. The van der Waals surface area contributed by atoms with E-state index in [1.165, 1.54) is 18.6 Å². The summed E-state index contributed by atoms with van der Waals surface area (Å²) in [5.74, 6) is -1.55. The Morgan fingerprint density at radius 3 is 2.67 bits per heavy atom. The third-order valence-corrected chi connectivity index (χ3v) is 3.10. The molecule has 0 saturated carbocycles. The highest BCUT2D eigenvalue weighted by atomic mass is 35.5. The van der Waals surface area contributed by atoms with Crippen molar-refractivity contribution in [3.63, 3.8) is 0 Å². The molecule has 0 aliphatic carbocycles. The molecule has 0 aliphatic heterocycles. The van der Waals surface area contributed by atoms with Crippen LogP contribution < -0.4 is 5.32 Å². The molecule has 2 N–H and O–H groups in total. The fraction of sp³-hybridized carbons (Fsp3) is 0.143. The van der Waals surface area contributed by atoms with Gasteiger partial charge < -0.3 is 10.4 Å². The van der Waals surface area contributed by atoms with Crippen molar-refractivity contribution in [2.75, 3.05) is 0 Å². The fourth-order valence-electron chi connectivity index (χ4n) is 1.82. The molecule has 0 radical (unpaired) electrons. The molecule has 1 aromatic carbocycles. The van der Waals surface area contributed by atoms with Crippen molar-refractivity contribution < 1.29 is 14.7 Å². The Kier molecular flexibility index (Phi) is 4.84. The number of hydrogen-bond acceptors (Lipinski definition) is 4. The van der Waals surface area contributed by atoms with Gasteiger partial charge in [-0.25, -0.2) is 4.98 Å². The lowest BCUT2D eigenvalue weighted by Gasteiger charge is -2.18. The van der Waals surface area contributed by atoms with Crippen molar-refractivity contribution >= 4 is 23.5 Å². The first-order valence-electron chi connectivity index (χ1n) is 6.11. The van der Waals surface area contributed by atoms with Crippen molar-refractivity contribution in [2.45, 2.75) is 12.5 Å². The van der Waals surface area contributed by atoms with Gasteiger partial charge in [-0.1, -0.05) is 29.8 Å². The maximum atomic E-state index is 12.1. The van der Waals surface area contributed by atoms with Gasteiger partial charge in [-0.05, 0) is 11.6 Å². The smallest absolute Gasteiger partial charge is 0.305 e. The molecule has 2 rings (SSSR count). The maximum Gasteiger partial charge on any atom is 0.305 e. The molecule has 1 atom stereocenters. The minimum absolute atomic E-state index is 0.111. The van der Waals surface area contributed by atoms with E-state index in [2.05, 4.69) is 15.3 Å². The summed E-state index contributed by atoms with van der Waals surface area (Å²) in [6.07, 6.45) is 3.85. The van der Waals surface area contributed by atoms with Gasteiger partial charge in [0.25, 0.3) is 5.91 Å². The standard InChI is InChI=1S/C14H12ClN3O3/c15-10-4-2-1-3-9(10)11(7-13(19)20)18-14(21)12-8-16-5-6-17-12/h1-6,8,11H,7H2,(H,18,21)(H,19,20). The van der Waals surface area contributed by atoms with Crippen LogP contribution in [0.3, 0.4) is 0 Å². The summed E-state index contributed by atoms with van der Waals surface area (Å²) in [4.78, 5) is 30.7. The van der Waals surface area contributed by atoms with Gasteiger partial charge >= 0.3 is 5.97 Å². The lowest BCUT2D eigenvalue weighted by molar-refractivity contribution is -0.137. The van der Waals surface area contributed by atoms with Crippen molar-refractivity contribution in [3.05, 3.63) is 59.1 Å². The minimum atomic E-state index is -1.04. The van der Waals surface area contributed by atoms with Gasteiger partial charge in [-0.15, -0.1) is 0 Å². The Morgan fingerprint density at radius 2 is 2.05 bits per heavy atom. The summed E-state index contributed by atoms with van der Waals surface area (Å²) in [5.41, 5.74) is 0.652. The number of rotatable bonds is 5. The predicted octanol–water partition coefficient (Wildman–Crippen LogP) is 2.08. The minimum Gasteiger partial charge on any atom is -0.481 e. The summed E-state index contributed by atoms with van der Waals surface area (Å²) in [7, 11) is 0. The molecular weight excluding hydrogens is 294 g/mol. The number of aromatic nitrogens is 2. The van der Waals surface area contributed by atoms with Crippen molar-refractivity contribution in [2.24, 2.45) is 0 Å². The number of amides is 1. The molecule has 6 nitrogen and oxygen atoms in total. The molecule has 0 spiro atoms. The Morgan fingerprint density at radius 1 is 1.29 bits per heavy atom. The van der Waals surface area contributed by atoms with Crippen LogP contribution in [0.15, 0.2) is 42.9 Å². The third-order valence-electron chi connectivity index (χ3n) is 2.76. The van der Waals surface area contributed by atoms with Crippen molar-refractivity contribution in [3.8, 4) is 0 Å². The van der Waals surface area contributed by atoms with Crippen LogP contribution in [0, 0.1) is 0 Å². The second-order valence-electron chi connectivity index (χ2n) is 4.24. The summed E-state index contributed by atoms with van der Waals surface area (Å²) < 4.78 is 0. The van der Waals surface area contributed by atoms with Crippen molar-refractivity contribution in [1.29, 1.82) is 0 Å². The van der Waals surface area contributed by atoms with Crippen LogP contribution in [0.2, 0.25) is 5.02 Å². The van der Waals surface area contributed by atoms with Gasteiger partial charge in [-0.3, -0.25) is 14.6 Å². The van der Waals surface area contributed by atoms with Crippen molar-refractivity contribution in [1.82, 2.24) is 15.3 Å². The molecule has 2 aromatic rings. The number of carbonyl (C=O) groups excluding carboxylic acids is 1. The van der Waals surface area contributed by atoms with E-state index in [-0.39, 0.29) is 12.1 Å². The Hall–Kier alpha value is -2.47. The normalized spacial score (nSPS) is 11.7. The molecule has 1 unspecified atom stereocenters. The summed E-state index contributed by atoms with van der Waals surface area (Å²) >= 11 is 6.06. The fourth-order valence-corrected chi connectivity index (χ4v) is 2.09. The van der Waals surface area contributed by atoms with Crippen LogP contribution in [0.1, 0.15) is 28.5 Å². The quantitative estimate of drug-likeness (QED) is 0.882. The molecule has 108 valence electrons. The highest BCUT2D eigenvalue weighted by molar-refractivity contribution is 6.31. The van der Waals surface area contributed by atoms with E-state index in [1.54, 1.807) is 24.3 Å². The number of aliphatic carboxylic acids is 1. The highest BCUT2D eigenvalue weighted by Crippen LogP contribution is 2.25. The molecule has 1 heterocycles. The van der Waals surface area contributed by atoms with E-state index in [4.69, 9.17) is 16.7 Å². The lowest BCUT2D eigenvalue weighted by atomic mass is 10.0. The summed E-state index contributed by atoms with van der Waals surface area (Å²) in [6, 6.07) is 6.02. The number of hydrogen-bond donors (Lipinski definition) is 2. The molecule has 1 aromatic heterocycles. The van der Waals surface area contributed by atoms with E-state index in [1.807, 2.05) is 0 Å². The average Bonchev–Trinajstić information content (AvgIpc) is 2.47. The second-order valence-corrected chi connectivity index (χ2v) is 4.64. The molecule has 1 amide bonds. The van der Waals surface area contributed by atoms with Gasteiger partial charge in [0.05, 0.1) is 18.7 Å². The zero-order valence-corrected chi connectivity index (χ0v) is 11.6. The molecular formula is C14H12ClN3O3. The second kappa shape index (κ2) is 6.81. The average molecular weight is 306 g/mol. The lowest BCUT2D eigenvalue weighted by Crippen LogP contribution is -2.31. The highest BCUT2D eigenvalue weighted by Gasteiger charge is 2.21. The van der Waals surface area contributed by atoms with Crippen LogP contribution in [-0.4, -0.2) is 27.0 Å². The van der Waals surface area contributed by atoms with Gasteiger partial charge in [0.15, 0.2) is 0 Å². The monoisotopic (exact) mass is 305 g/mol. The number of halogens is 1. The van der Waals surface area contributed by atoms with Crippen LogP contribution in [0.25, 0.3) is 0 Å². The van der Waals surface area contributed by atoms with Gasteiger partial charge in [-0.2, -0.15) is 0 Å². The number of carboxylic acids is 1. The van der Waals surface area contributed by atoms with E-state index < -0.39 is 17.9 Å². The predicted molar refractivity (Wildman–Crippen MR) is 75.9 cm³/mol. The molecule has 0 bridgehead atoms. The molecule has 0 saturated heterocycles. The van der Waals surface area contributed by atoms with Crippen LogP contribution in [-0.2, 0) is 4.79 Å². The Balaban J connectivity index is 2.23. The van der Waals surface area contributed by atoms with Crippen LogP contribution in [0.5, 0.6) is 0 Å². The first-order valence-corrected chi connectivity index (χ1v) is 6.49.